The van der Waals surface area contributed by atoms with Crippen LogP contribution >= 0.6 is 46.4 Å². The van der Waals surface area contributed by atoms with Crippen LogP contribution < -0.4 is 10.6 Å². The van der Waals surface area contributed by atoms with Crippen molar-refractivity contribution >= 4 is 75.7 Å². The molecule has 9 heteroatoms. The summed E-state index contributed by atoms with van der Waals surface area (Å²) in [6, 6.07) is 14.1. The van der Waals surface area contributed by atoms with Crippen molar-refractivity contribution in [1.29, 1.82) is 0 Å². The quantitative estimate of drug-likeness (QED) is 0.306. The number of carbonyl (C=O) groups is 2. The first kappa shape index (κ1) is 25.5. The van der Waals surface area contributed by atoms with E-state index in [1.165, 1.54) is 30.3 Å². The Balaban J connectivity index is 1.51. The maximum Gasteiger partial charge on any atom is 0.257 e. The minimum Gasteiger partial charge on any atom is -0.326 e. The number of hydrogen-bond acceptors (Lipinski definition) is 2. The van der Waals surface area contributed by atoms with Crippen molar-refractivity contribution in [1.82, 2.24) is 0 Å². The van der Waals surface area contributed by atoms with Crippen LogP contribution in [0.1, 0.15) is 33.0 Å². The minimum atomic E-state index is -1.30. The zero-order valence-corrected chi connectivity index (χ0v) is 21.4. The van der Waals surface area contributed by atoms with Gasteiger partial charge in [-0.3, -0.25) is 9.59 Å². The number of hydrogen-bond donors (Lipinski definition) is 2. The second-order valence-electron chi connectivity index (χ2n) is 8.27. The Morgan fingerprint density at radius 2 is 1.77 bits per heavy atom. The Labute approximate surface area is 222 Å². The normalized spacial score (nSPS) is 18.0. The van der Waals surface area contributed by atoms with E-state index in [1.807, 2.05) is 13.0 Å². The molecule has 180 valence electrons. The minimum absolute atomic E-state index is 0.0159. The molecule has 0 heterocycles. The molecule has 0 bridgehead atoms. The summed E-state index contributed by atoms with van der Waals surface area (Å²) in [5, 5.41) is 5.88. The Morgan fingerprint density at radius 3 is 2.43 bits per heavy atom. The SMILES string of the molecule is C=Cc1ccc(NC(=O)c2cc(NC(=O)C3C(c4cc(C)cc(Cl)c4)C3(Cl)Cl)ccc2Cl)c(F)c1. The largest absolute Gasteiger partial charge is 0.326 e. The third-order valence-corrected chi connectivity index (χ3v) is 7.20. The fraction of sp³-hybridized carbons (Fsp3) is 0.154. The molecule has 2 N–H and O–H groups in total. The highest BCUT2D eigenvalue weighted by Gasteiger charge is 2.67. The zero-order chi connectivity index (χ0) is 25.5. The van der Waals surface area contributed by atoms with Crippen LogP contribution in [0.2, 0.25) is 10.0 Å². The zero-order valence-electron chi connectivity index (χ0n) is 18.3. The van der Waals surface area contributed by atoms with Crippen LogP contribution in [0.5, 0.6) is 0 Å². The van der Waals surface area contributed by atoms with E-state index in [4.69, 9.17) is 46.4 Å². The van der Waals surface area contributed by atoms with E-state index in [9.17, 15) is 14.0 Å². The molecule has 2 atom stereocenters. The molecule has 1 aliphatic rings. The summed E-state index contributed by atoms with van der Waals surface area (Å²) >= 11 is 25.2. The van der Waals surface area contributed by atoms with Crippen LogP contribution in [0, 0.1) is 18.7 Å². The lowest BCUT2D eigenvalue weighted by atomic mass is 10.1. The Kier molecular flexibility index (Phi) is 7.16. The van der Waals surface area contributed by atoms with Gasteiger partial charge >= 0.3 is 0 Å². The van der Waals surface area contributed by atoms with Gasteiger partial charge in [0.1, 0.15) is 10.2 Å². The van der Waals surface area contributed by atoms with Crippen LogP contribution in [0.3, 0.4) is 0 Å². The average Bonchev–Trinajstić information content (AvgIpc) is 3.37. The molecule has 4 nitrogen and oxygen atoms in total. The number of anilines is 2. The summed E-state index contributed by atoms with van der Waals surface area (Å²) in [5.74, 6) is -2.85. The van der Waals surface area contributed by atoms with E-state index in [1.54, 1.807) is 24.3 Å². The van der Waals surface area contributed by atoms with E-state index < -0.39 is 33.8 Å². The molecule has 0 radical (unpaired) electrons. The van der Waals surface area contributed by atoms with Gasteiger partial charge in [-0.15, -0.1) is 23.2 Å². The molecule has 3 aromatic carbocycles. The standard InChI is InChI=1S/C26H19Cl4FN2O2/c1-3-14-4-7-21(20(31)10-14)33-24(34)18-12-17(5-6-19(18)28)32-25(35)23-22(26(23,29)30)15-8-13(2)9-16(27)11-15/h3-12,22-23H,1H2,2H3,(H,32,35)(H,33,34). The molecular weight excluding hydrogens is 533 g/mol. The van der Waals surface area contributed by atoms with Gasteiger partial charge in [0.2, 0.25) is 5.91 Å². The molecular formula is C26H19Cl4FN2O2. The lowest BCUT2D eigenvalue weighted by molar-refractivity contribution is -0.117. The summed E-state index contributed by atoms with van der Waals surface area (Å²) in [7, 11) is 0. The maximum absolute atomic E-state index is 14.3. The predicted molar refractivity (Wildman–Crippen MR) is 141 cm³/mol. The molecule has 0 aliphatic heterocycles. The summed E-state index contributed by atoms with van der Waals surface area (Å²) in [5.41, 5.74) is 2.61. The van der Waals surface area contributed by atoms with Crippen LogP contribution in [0.4, 0.5) is 15.8 Å². The molecule has 1 saturated carbocycles. The van der Waals surface area contributed by atoms with Crippen LogP contribution in [-0.4, -0.2) is 16.1 Å². The van der Waals surface area contributed by atoms with Gasteiger partial charge in [0.25, 0.3) is 5.91 Å². The average molecular weight is 552 g/mol. The molecule has 4 rings (SSSR count). The number of rotatable bonds is 6. The number of benzene rings is 3. The van der Waals surface area contributed by atoms with Crippen molar-refractivity contribution in [3.05, 3.63) is 99.3 Å². The van der Waals surface area contributed by atoms with Crippen LogP contribution in [-0.2, 0) is 4.79 Å². The van der Waals surface area contributed by atoms with Crippen LogP contribution in [0.15, 0.2) is 61.2 Å². The summed E-state index contributed by atoms with van der Waals surface area (Å²) in [6.07, 6.45) is 1.49. The molecule has 2 unspecified atom stereocenters. The van der Waals surface area contributed by atoms with Gasteiger partial charge in [-0.1, -0.05) is 48.0 Å². The summed E-state index contributed by atoms with van der Waals surface area (Å²) in [4.78, 5) is 25.8. The Hall–Kier alpha value is -2.57. The van der Waals surface area contributed by atoms with Gasteiger partial charge in [0.15, 0.2) is 0 Å². The maximum atomic E-state index is 14.3. The van der Waals surface area contributed by atoms with E-state index in [-0.39, 0.29) is 16.3 Å². The monoisotopic (exact) mass is 550 g/mol. The molecule has 35 heavy (non-hydrogen) atoms. The highest BCUT2D eigenvalue weighted by molar-refractivity contribution is 6.53. The van der Waals surface area contributed by atoms with E-state index in [0.717, 1.165) is 11.1 Å². The topological polar surface area (TPSA) is 58.2 Å². The first-order chi connectivity index (χ1) is 16.5. The molecule has 2 amide bonds. The van der Waals surface area contributed by atoms with Crippen molar-refractivity contribution < 1.29 is 14.0 Å². The van der Waals surface area contributed by atoms with Crippen molar-refractivity contribution in [2.24, 2.45) is 5.92 Å². The highest BCUT2D eigenvalue weighted by atomic mass is 35.5. The summed E-state index contributed by atoms with van der Waals surface area (Å²) < 4.78 is 13.0. The van der Waals surface area contributed by atoms with Crippen molar-refractivity contribution in [3.8, 4) is 0 Å². The van der Waals surface area contributed by atoms with Gasteiger partial charge in [-0.2, -0.15) is 0 Å². The second kappa shape index (κ2) is 9.82. The predicted octanol–water partition coefficient (Wildman–Crippen LogP) is 7.86. The first-order valence-corrected chi connectivity index (χ1v) is 12.0. The Bertz CT molecular complexity index is 1340. The van der Waals surface area contributed by atoms with Crippen molar-refractivity contribution in [3.63, 3.8) is 0 Å². The van der Waals surface area contributed by atoms with Gasteiger partial charge in [-0.25, -0.2) is 4.39 Å². The van der Waals surface area contributed by atoms with Gasteiger partial charge in [-0.05, 0) is 66.1 Å². The third kappa shape index (κ3) is 5.34. The van der Waals surface area contributed by atoms with E-state index >= 15 is 0 Å². The smallest absolute Gasteiger partial charge is 0.257 e. The number of alkyl halides is 2. The van der Waals surface area contributed by atoms with Crippen LogP contribution in [0.25, 0.3) is 6.08 Å². The van der Waals surface area contributed by atoms with Crippen molar-refractivity contribution in [2.75, 3.05) is 10.6 Å². The van der Waals surface area contributed by atoms with Gasteiger partial charge < -0.3 is 10.6 Å². The molecule has 0 spiro atoms. The number of aryl methyl sites for hydroxylation is 1. The molecule has 3 aromatic rings. The van der Waals surface area contributed by atoms with E-state index in [0.29, 0.717) is 16.3 Å². The lowest BCUT2D eigenvalue weighted by Gasteiger charge is -2.11. The van der Waals surface area contributed by atoms with Gasteiger partial charge in [0, 0.05) is 16.6 Å². The molecule has 1 aliphatic carbocycles. The number of carbonyl (C=O) groups excluding carboxylic acids is 2. The van der Waals surface area contributed by atoms with E-state index in [2.05, 4.69) is 17.2 Å². The highest BCUT2D eigenvalue weighted by Crippen LogP contribution is 2.65. The number of nitrogens with one attached hydrogen (secondary N) is 2. The first-order valence-electron chi connectivity index (χ1n) is 10.5. The molecule has 1 fully saturated rings. The number of amides is 2. The van der Waals surface area contributed by atoms with Gasteiger partial charge in [0.05, 0.1) is 22.2 Å². The number of halogens is 5. The lowest BCUT2D eigenvalue weighted by Crippen LogP contribution is -2.18. The fourth-order valence-corrected chi connectivity index (χ4v) is 5.29. The summed E-state index contributed by atoms with van der Waals surface area (Å²) in [6.45, 7) is 5.47. The third-order valence-electron chi connectivity index (χ3n) is 5.72. The molecule has 0 aromatic heterocycles. The van der Waals surface area contributed by atoms with Crippen molar-refractivity contribution in [2.45, 2.75) is 17.2 Å². The molecule has 0 saturated heterocycles. The fourth-order valence-electron chi connectivity index (χ4n) is 3.96. The Morgan fingerprint density at radius 1 is 1.03 bits per heavy atom. The second-order valence-corrected chi connectivity index (χ2v) is 10.6.